The van der Waals surface area contributed by atoms with E-state index < -0.39 is 29.0 Å². The molecule has 0 aliphatic heterocycles. The molecule has 0 radical (unpaired) electrons. The van der Waals surface area contributed by atoms with Crippen LogP contribution < -0.4 is 16.6 Å². The van der Waals surface area contributed by atoms with E-state index in [1.165, 1.54) is 7.11 Å². The standard InChI is InChI=1S/C11H14F4N4O/c1-20-4-2-3-17-11(19-16)18-10-8(14)6(12)5-7(13)9(10)15/h5H,2-4,16H2,1H3,(H2,17,18,19). The zero-order valence-electron chi connectivity index (χ0n) is 10.6. The Hall–Kier alpha value is -1.87. The van der Waals surface area contributed by atoms with Gasteiger partial charge in [-0.25, -0.2) is 23.4 Å². The fourth-order valence-corrected chi connectivity index (χ4v) is 1.32. The van der Waals surface area contributed by atoms with Crippen LogP contribution in [-0.2, 0) is 4.74 Å². The number of rotatable bonds is 5. The van der Waals surface area contributed by atoms with Crippen molar-refractivity contribution in [1.82, 2.24) is 5.43 Å². The maximum atomic E-state index is 13.4. The molecular weight excluding hydrogens is 280 g/mol. The second-order valence-corrected chi connectivity index (χ2v) is 3.69. The van der Waals surface area contributed by atoms with Crippen LogP contribution >= 0.6 is 0 Å². The van der Waals surface area contributed by atoms with Gasteiger partial charge in [-0.05, 0) is 6.42 Å². The number of nitrogens with two attached hydrogens (primary N) is 1. The molecule has 9 heteroatoms. The summed E-state index contributed by atoms with van der Waals surface area (Å²) >= 11 is 0. The number of ether oxygens (including phenoxy) is 1. The molecule has 0 aliphatic rings. The van der Waals surface area contributed by atoms with Crippen molar-refractivity contribution in [3.63, 3.8) is 0 Å². The molecule has 0 unspecified atom stereocenters. The number of methoxy groups -OCH3 is 1. The Balaban J connectivity index is 2.90. The van der Waals surface area contributed by atoms with E-state index in [0.29, 0.717) is 13.0 Å². The van der Waals surface area contributed by atoms with Crippen molar-refractivity contribution in [2.24, 2.45) is 10.8 Å². The number of aliphatic imine (C=N–C) groups is 1. The van der Waals surface area contributed by atoms with Crippen LogP contribution in [0.15, 0.2) is 11.1 Å². The summed E-state index contributed by atoms with van der Waals surface area (Å²) in [6.07, 6.45) is 0.534. The first-order chi connectivity index (χ1) is 9.51. The monoisotopic (exact) mass is 294 g/mol. The summed E-state index contributed by atoms with van der Waals surface area (Å²) in [5, 5.41) is 2.07. The number of nitrogens with zero attached hydrogens (tertiary/aromatic N) is 1. The molecule has 1 aromatic carbocycles. The van der Waals surface area contributed by atoms with E-state index in [-0.39, 0.29) is 18.6 Å². The molecule has 1 rings (SSSR count). The first kappa shape index (κ1) is 16.2. The third-order valence-corrected chi connectivity index (χ3v) is 2.27. The molecule has 20 heavy (non-hydrogen) atoms. The van der Waals surface area contributed by atoms with Crippen LogP contribution in [0.4, 0.5) is 23.2 Å². The summed E-state index contributed by atoms with van der Waals surface area (Å²) < 4.78 is 57.6. The number of hydrogen-bond donors (Lipinski definition) is 3. The minimum atomic E-state index is -1.57. The molecule has 112 valence electrons. The number of guanidine groups is 1. The van der Waals surface area contributed by atoms with Crippen molar-refractivity contribution in [2.75, 3.05) is 25.6 Å². The molecule has 0 atom stereocenters. The third kappa shape index (κ3) is 4.07. The van der Waals surface area contributed by atoms with Crippen LogP contribution in [0.1, 0.15) is 6.42 Å². The smallest absolute Gasteiger partial charge is 0.210 e. The van der Waals surface area contributed by atoms with Crippen LogP contribution in [0.5, 0.6) is 0 Å². The number of anilines is 1. The number of hydrogen-bond acceptors (Lipinski definition) is 3. The third-order valence-electron chi connectivity index (χ3n) is 2.27. The van der Waals surface area contributed by atoms with Gasteiger partial charge in [0.15, 0.2) is 23.3 Å². The average Bonchev–Trinajstić information content (AvgIpc) is 2.43. The van der Waals surface area contributed by atoms with Gasteiger partial charge in [0, 0.05) is 26.3 Å². The van der Waals surface area contributed by atoms with E-state index >= 15 is 0 Å². The maximum Gasteiger partial charge on any atom is 0.210 e. The normalized spacial score (nSPS) is 11.6. The van der Waals surface area contributed by atoms with Crippen molar-refractivity contribution < 1.29 is 22.3 Å². The Morgan fingerprint density at radius 1 is 1.25 bits per heavy atom. The maximum absolute atomic E-state index is 13.4. The predicted molar refractivity (Wildman–Crippen MR) is 66.0 cm³/mol. The van der Waals surface area contributed by atoms with E-state index in [1.807, 2.05) is 5.43 Å². The summed E-state index contributed by atoms with van der Waals surface area (Å²) in [5.74, 6) is -1.31. The molecule has 5 nitrogen and oxygen atoms in total. The lowest BCUT2D eigenvalue weighted by atomic mass is 10.2. The summed E-state index contributed by atoms with van der Waals surface area (Å²) in [6.45, 7) is 0.667. The minimum absolute atomic E-state index is 0.112. The van der Waals surface area contributed by atoms with Gasteiger partial charge in [0.05, 0.1) is 0 Å². The SMILES string of the molecule is COCCCN=C(NN)Nc1c(F)c(F)cc(F)c1F. The molecule has 0 spiro atoms. The van der Waals surface area contributed by atoms with Crippen LogP contribution in [0.2, 0.25) is 0 Å². The van der Waals surface area contributed by atoms with Gasteiger partial charge in [-0.1, -0.05) is 0 Å². The highest BCUT2D eigenvalue weighted by Crippen LogP contribution is 2.23. The van der Waals surface area contributed by atoms with E-state index in [0.717, 1.165) is 0 Å². The molecule has 0 saturated carbocycles. The minimum Gasteiger partial charge on any atom is -0.385 e. The second kappa shape index (κ2) is 7.65. The molecule has 1 aromatic rings. The summed E-state index contributed by atoms with van der Waals surface area (Å²) in [6, 6.07) is 0.112. The van der Waals surface area contributed by atoms with Crippen molar-refractivity contribution >= 4 is 11.6 Å². The van der Waals surface area contributed by atoms with Crippen molar-refractivity contribution in [1.29, 1.82) is 0 Å². The van der Waals surface area contributed by atoms with Gasteiger partial charge in [0.2, 0.25) is 5.96 Å². The highest BCUT2D eigenvalue weighted by molar-refractivity contribution is 5.93. The van der Waals surface area contributed by atoms with Crippen LogP contribution in [0.3, 0.4) is 0 Å². The molecule has 0 heterocycles. The van der Waals surface area contributed by atoms with Gasteiger partial charge in [0.1, 0.15) is 5.69 Å². The summed E-state index contributed by atoms with van der Waals surface area (Å²) in [5.41, 5.74) is 1.03. The Labute approximate surface area is 112 Å². The first-order valence-corrected chi connectivity index (χ1v) is 5.61. The molecule has 4 N–H and O–H groups in total. The van der Waals surface area contributed by atoms with E-state index in [9.17, 15) is 17.6 Å². The lowest BCUT2D eigenvalue weighted by Crippen LogP contribution is -2.37. The average molecular weight is 294 g/mol. The van der Waals surface area contributed by atoms with Crippen LogP contribution in [-0.4, -0.2) is 26.2 Å². The van der Waals surface area contributed by atoms with Crippen molar-refractivity contribution in [2.45, 2.75) is 6.42 Å². The van der Waals surface area contributed by atoms with Gasteiger partial charge < -0.3 is 10.1 Å². The summed E-state index contributed by atoms with van der Waals surface area (Å²) in [4.78, 5) is 3.83. The molecule has 0 amide bonds. The lowest BCUT2D eigenvalue weighted by Gasteiger charge is -2.11. The predicted octanol–water partition coefficient (Wildman–Crippen LogP) is 1.51. The van der Waals surface area contributed by atoms with Crippen molar-refractivity contribution in [3.8, 4) is 0 Å². The van der Waals surface area contributed by atoms with E-state index in [4.69, 9.17) is 10.6 Å². The number of nitrogens with one attached hydrogen (secondary N) is 2. The fraction of sp³-hybridized carbons (Fsp3) is 0.364. The topological polar surface area (TPSA) is 71.7 Å². The van der Waals surface area contributed by atoms with E-state index in [2.05, 4.69) is 10.3 Å². The highest BCUT2D eigenvalue weighted by Gasteiger charge is 2.19. The Kier molecular flexibility index (Phi) is 6.19. The summed E-state index contributed by atoms with van der Waals surface area (Å²) in [7, 11) is 1.50. The second-order valence-electron chi connectivity index (χ2n) is 3.69. The lowest BCUT2D eigenvalue weighted by molar-refractivity contribution is 0.197. The van der Waals surface area contributed by atoms with Crippen LogP contribution in [0, 0.1) is 23.3 Å². The quantitative estimate of drug-likeness (QED) is 0.146. The fourth-order valence-electron chi connectivity index (χ4n) is 1.32. The van der Waals surface area contributed by atoms with Gasteiger partial charge >= 0.3 is 0 Å². The van der Waals surface area contributed by atoms with E-state index in [1.54, 1.807) is 0 Å². The Morgan fingerprint density at radius 2 is 1.85 bits per heavy atom. The van der Waals surface area contributed by atoms with Crippen LogP contribution in [0.25, 0.3) is 0 Å². The van der Waals surface area contributed by atoms with Gasteiger partial charge in [-0.3, -0.25) is 10.4 Å². The van der Waals surface area contributed by atoms with Gasteiger partial charge in [-0.15, -0.1) is 0 Å². The molecule has 0 aromatic heterocycles. The zero-order valence-corrected chi connectivity index (χ0v) is 10.6. The highest BCUT2D eigenvalue weighted by atomic mass is 19.2. The molecule has 0 bridgehead atoms. The Bertz CT molecular complexity index is 470. The molecule has 0 aliphatic carbocycles. The number of halogens is 4. The van der Waals surface area contributed by atoms with Crippen molar-refractivity contribution in [3.05, 3.63) is 29.3 Å². The molecule has 0 fully saturated rings. The Morgan fingerprint density at radius 3 is 2.35 bits per heavy atom. The van der Waals surface area contributed by atoms with Gasteiger partial charge in [-0.2, -0.15) is 0 Å². The zero-order chi connectivity index (χ0) is 15.1. The van der Waals surface area contributed by atoms with Gasteiger partial charge in [0.25, 0.3) is 0 Å². The number of benzene rings is 1. The molecular formula is C11H14F4N4O. The number of hydrazine groups is 1. The molecule has 0 saturated heterocycles. The largest absolute Gasteiger partial charge is 0.385 e. The first-order valence-electron chi connectivity index (χ1n) is 5.61.